The number of hydrogen-bond donors (Lipinski definition) is 5. The topological polar surface area (TPSA) is 165 Å². The second kappa shape index (κ2) is 13.4. The number of rotatable bonds is 9. The first-order chi connectivity index (χ1) is 18.1. The van der Waals surface area contributed by atoms with Crippen molar-refractivity contribution in [1.29, 1.82) is 0 Å². The van der Waals surface area contributed by atoms with Gasteiger partial charge in [-0.05, 0) is 41.1 Å². The third kappa shape index (κ3) is 8.04. The van der Waals surface area contributed by atoms with Gasteiger partial charge in [-0.15, -0.1) is 0 Å². The number of hydrogen-bond acceptors (Lipinski definition) is 10. The van der Waals surface area contributed by atoms with Crippen molar-refractivity contribution in [3.8, 4) is 5.75 Å². The van der Waals surface area contributed by atoms with E-state index in [2.05, 4.69) is 41.9 Å². The first-order valence-electron chi connectivity index (χ1n) is 11.6. The quantitative estimate of drug-likeness (QED) is 0.266. The van der Waals surface area contributed by atoms with Gasteiger partial charge in [0.2, 0.25) is 5.91 Å². The van der Waals surface area contributed by atoms with Crippen molar-refractivity contribution in [2.24, 2.45) is 4.99 Å². The number of amides is 2. The normalized spacial score (nSPS) is 15.5. The minimum Gasteiger partial charge on any atom is -0.506 e. The molecule has 1 aromatic heterocycles. The number of carbonyl (C=O) groups excluding carboxylic acids is 3. The summed E-state index contributed by atoms with van der Waals surface area (Å²) >= 11 is 9.32. The van der Waals surface area contributed by atoms with Gasteiger partial charge >= 0.3 is 5.97 Å². The molecule has 2 heterocycles. The highest BCUT2D eigenvalue weighted by Crippen LogP contribution is 2.36. The zero-order valence-corrected chi connectivity index (χ0v) is 23.0. The van der Waals surface area contributed by atoms with Gasteiger partial charge in [0, 0.05) is 30.4 Å². The SMILES string of the molecule is CCOC(=O)CC(NC(=O)CN(C)C(=O)c1cncc(NC2=NCC(O)CN2)c1)c1cc(Cl)cc(Br)c1O. The van der Waals surface area contributed by atoms with Gasteiger partial charge in [0.15, 0.2) is 5.96 Å². The van der Waals surface area contributed by atoms with E-state index in [-0.39, 0.29) is 48.0 Å². The van der Waals surface area contributed by atoms with Crippen LogP contribution in [0.15, 0.2) is 40.1 Å². The Bertz CT molecular complexity index is 1230. The lowest BCUT2D eigenvalue weighted by Crippen LogP contribution is -2.42. The number of halogens is 2. The van der Waals surface area contributed by atoms with E-state index in [1.54, 1.807) is 13.0 Å². The molecule has 1 aromatic carbocycles. The van der Waals surface area contributed by atoms with Crippen molar-refractivity contribution in [1.82, 2.24) is 20.5 Å². The van der Waals surface area contributed by atoms with E-state index in [1.807, 2.05) is 0 Å². The number of aliphatic hydroxyl groups excluding tert-OH is 1. The summed E-state index contributed by atoms with van der Waals surface area (Å²) in [4.78, 5) is 47.5. The Hall–Kier alpha value is -3.42. The van der Waals surface area contributed by atoms with Gasteiger partial charge in [-0.3, -0.25) is 24.4 Å². The molecule has 12 nitrogen and oxygen atoms in total. The molecule has 2 atom stereocenters. The summed E-state index contributed by atoms with van der Waals surface area (Å²) in [6, 6.07) is 3.52. The van der Waals surface area contributed by atoms with Crippen LogP contribution in [-0.2, 0) is 14.3 Å². The van der Waals surface area contributed by atoms with Gasteiger partial charge < -0.3 is 35.8 Å². The molecule has 0 bridgehead atoms. The molecule has 5 N–H and O–H groups in total. The summed E-state index contributed by atoms with van der Waals surface area (Å²) in [5, 5.41) is 28.9. The number of nitrogens with one attached hydrogen (secondary N) is 3. The van der Waals surface area contributed by atoms with Crippen LogP contribution in [0.2, 0.25) is 5.02 Å². The smallest absolute Gasteiger partial charge is 0.308 e. The number of guanidine groups is 1. The third-order valence-electron chi connectivity index (χ3n) is 5.39. The Morgan fingerprint density at radius 1 is 1.32 bits per heavy atom. The average molecular weight is 612 g/mol. The third-order valence-corrected chi connectivity index (χ3v) is 6.21. The molecule has 1 aliphatic heterocycles. The molecule has 0 saturated carbocycles. The number of carbonyl (C=O) groups is 3. The largest absolute Gasteiger partial charge is 0.506 e. The van der Waals surface area contributed by atoms with Crippen LogP contribution >= 0.6 is 27.5 Å². The molecule has 204 valence electrons. The summed E-state index contributed by atoms with van der Waals surface area (Å²) in [6.45, 7) is 2.05. The number of esters is 1. The Kier molecular flexibility index (Phi) is 10.3. The average Bonchev–Trinajstić information content (AvgIpc) is 2.87. The van der Waals surface area contributed by atoms with Crippen LogP contribution in [0.3, 0.4) is 0 Å². The highest BCUT2D eigenvalue weighted by atomic mass is 79.9. The molecule has 0 fully saturated rings. The Balaban J connectivity index is 1.69. The number of β-amino-alcohol motifs (C(OH)–C–C–N with tert-alkyl or cyclic N) is 1. The van der Waals surface area contributed by atoms with E-state index in [4.69, 9.17) is 16.3 Å². The number of phenols is 1. The molecule has 2 unspecified atom stereocenters. The van der Waals surface area contributed by atoms with Crippen molar-refractivity contribution in [2.45, 2.75) is 25.5 Å². The van der Waals surface area contributed by atoms with Gasteiger partial charge in [-0.1, -0.05) is 11.6 Å². The van der Waals surface area contributed by atoms with E-state index in [0.717, 1.165) is 0 Å². The molecule has 14 heteroatoms. The van der Waals surface area contributed by atoms with Gasteiger partial charge in [0.05, 0.1) is 60.2 Å². The van der Waals surface area contributed by atoms with Gasteiger partial charge in [-0.25, -0.2) is 0 Å². The predicted molar refractivity (Wildman–Crippen MR) is 144 cm³/mol. The maximum atomic E-state index is 13.0. The Morgan fingerprint density at radius 2 is 2.08 bits per heavy atom. The van der Waals surface area contributed by atoms with Crippen LogP contribution < -0.4 is 16.0 Å². The highest BCUT2D eigenvalue weighted by Gasteiger charge is 2.25. The summed E-state index contributed by atoms with van der Waals surface area (Å²) in [5.74, 6) is -1.37. The number of benzene rings is 1. The van der Waals surface area contributed by atoms with Crippen LogP contribution in [-0.4, -0.2) is 83.2 Å². The monoisotopic (exact) mass is 610 g/mol. The molecule has 0 radical (unpaired) electrons. The molecule has 0 spiro atoms. The number of pyridine rings is 1. The van der Waals surface area contributed by atoms with Crippen molar-refractivity contribution in [2.75, 3.05) is 38.6 Å². The molecule has 1 aliphatic rings. The predicted octanol–water partition coefficient (Wildman–Crippen LogP) is 1.82. The summed E-state index contributed by atoms with van der Waals surface area (Å²) in [7, 11) is 1.45. The number of aliphatic hydroxyl groups is 1. The molecule has 3 rings (SSSR count). The van der Waals surface area contributed by atoms with E-state index in [0.29, 0.717) is 22.7 Å². The zero-order chi connectivity index (χ0) is 27.8. The lowest BCUT2D eigenvalue weighted by Gasteiger charge is -2.23. The second-order valence-electron chi connectivity index (χ2n) is 8.43. The van der Waals surface area contributed by atoms with E-state index in [9.17, 15) is 24.6 Å². The first-order valence-corrected chi connectivity index (χ1v) is 12.8. The van der Waals surface area contributed by atoms with Crippen LogP contribution in [0.5, 0.6) is 5.75 Å². The first kappa shape index (κ1) is 29.1. The Morgan fingerprint density at radius 3 is 2.76 bits per heavy atom. The van der Waals surface area contributed by atoms with Gasteiger partial charge in [0.25, 0.3) is 5.91 Å². The summed E-state index contributed by atoms with van der Waals surface area (Å²) < 4.78 is 5.30. The molecule has 0 aliphatic carbocycles. The van der Waals surface area contributed by atoms with Crippen LogP contribution in [0.25, 0.3) is 0 Å². The van der Waals surface area contributed by atoms with Crippen LogP contribution in [0, 0.1) is 0 Å². The number of anilines is 1. The maximum Gasteiger partial charge on any atom is 0.308 e. The van der Waals surface area contributed by atoms with Crippen LogP contribution in [0.4, 0.5) is 5.69 Å². The molecule has 2 aromatic rings. The number of ether oxygens (including phenoxy) is 1. The summed E-state index contributed by atoms with van der Waals surface area (Å²) in [5.41, 5.74) is 0.934. The standard InChI is InChI=1S/C24H28BrClN6O6/c1-3-38-21(35)7-19(17-5-14(26)6-18(25)22(17)36)31-20(34)12-32(2)23(37)13-4-15(9-27-8-13)30-24-28-10-16(33)11-29-24/h4-6,8-9,16,19,33,36H,3,7,10-12H2,1-2H3,(H,31,34)(H2,28,29,30). The number of aliphatic imine (C=N–C) groups is 1. The summed E-state index contributed by atoms with van der Waals surface area (Å²) in [6.07, 6.45) is 2.05. The number of aromatic nitrogens is 1. The minimum absolute atomic E-state index is 0.148. The van der Waals surface area contributed by atoms with E-state index >= 15 is 0 Å². The number of phenolic OH excluding ortho intramolecular Hbond substituents is 1. The minimum atomic E-state index is -0.962. The number of likely N-dealkylation sites (N-methyl/N-ethyl adjacent to an activating group) is 1. The lowest BCUT2D eigenvalue weighted by atomic mass is 10.0. The van der Waals surface area contributed by atoms with Crippen molar-refractivity contribution >= 4 is 57.0 Å². The fourth-order valence-electron chi connectivity index (χ4n) is 3.60. The fraction of sp³-hybridized carbons (Fsp3) is 0.375. The lowest BCUT2D eigenvalue weighted by molar-refractivity contribution is -0.143. The number of nitrogens with zero attached hydrogens (tertiary/aromatic N) is 3. The fourth-order valence-corrected chi connectivity index (χ4v) is 4.44. The molecular formula is C24H28BrClN6O6. The second-order valence-corrected chi connectivity index (χ2v) is 9.72. The molecule has 38 heavy (non-hydrogen) atoms. The van der Waals surface area contributed by atoms with E-state index < -0.39 is 29.9 Å². The van der Waals surface area contributed by atoms with E-state index in [1.165, 1.54) is 36.5 Å². The van der Waals surface area contributed by atoms with Gasteiger partial charge in [-0.2, -0.15) is 0 Å². The van der Waals surface area contributed by atoms with Crippen LogP contribution in [0.1, 0.15) is 35.3 Å². The molecule has 0 saturated heterocycles. The van der Waals surface area contributed by atoms with Crippen molar-refractivity contribution < 1.29 is 29.3 Å². The van der Waals surface area contributed by atoms with Gasteiger partial charge in [0.1, 0.15) is 5.75 Å². The zero-order valence-electron chi connectivity index (χ0n) is 20.7. The molecule has 2 amide bonds. The number of aromatic hydroxyl groups is 1. The van der Waals surface area contributed by atoms with Crippen molar-refractivity contribution in [3.05, 3.63) is 51.2 Å². The maximum absolute atomic E-state index is 13.0. The Labute approximate surface area is 232 Å². The molecular weight excluding hydrogens is 584 g/mol. The highest BCUT2D eigenvalue weighted by molar-refractivity contribution is 9.10. The van der Waals surface area contributed by atoms with Crippen molar-refractivity contribution in [3.63, 3.8) is 0 Å².